The Morgan fingerprint density at radius 3 is 2.60 bits per heavy atom. The van der Waals surface area contributed by atoms with Crippen LogP contribution in [-0.4, -0.2) is 19.7 Å². The highest BCUT2D eigenvalue weighted by Crippen LogP contribution is 2.29. The van der Waals surface area contributed by atoms with Gasteiger partial charge in [-0.25, -0.2) is 4.98 Å². The third-order valence-electron chi connectivity index (χ3n) is 3.98. The van der Waals surface area contributed by atoms with Gasteiger partial charge in [-0.05, 0) is 23.5 Å². The van der Waals surface area contributed by atoms with Crippen LogP contribution in [0.25, 0.3) is 0 Å². The van der Waals surface area contributed by atoms with Gasteiger partial charge in [-0.2, -0.15) is 0 Å². The molecule has 130 valence electrons. The first-order valence-corrected chi connectivity index (χ1v) is 9.94. The molecular formula is C18H17N2O3S2-. The number of hydrogen-bond acceptors (Lipinski definition) is 5. The summed E-state index contributed by atoms with van der Waals surface area (Å²) in [5.74, 6) is -0.262. The average Bonchev–Trinajstić information content (AvgIpc) is 3.26. The Kier molecular flexibility index (Phi) is 5.91. The third kappa shape index (κ3) is 4.94. The van der Waals surface area contributed by atoms with Crippen LogP contribution < -0.4 is 5.32 Å². The van der Waals surface area contributed by atoms with Crippen LogP contribution >= 0.6 is 11.3 Å². The molecule has 1 aromatic heterocycles. The average molecular weight is 373 g/mol. The lowest BCUT2D eigenvalue weighted by molar-refractivity contribution is -0.117. The maximum absolute atomic E-state index is 12.8. The van der Waals surface area contributed by atoms with Crippen molar-refractivity contribution < 1.29 is 13.6 Å². The van der Waals surface area contributed by atoms with Gasteiger partial charge < -0.3 is 9.87 Å². The minimum Gasteiger partial charge on any atom is -0.772 e. The number of nitrogens with one attached hydrogen (secondary N) is 1. The highest BCUT2D eigenvalue weighted by molar-refractivity contribution is 7.78. The Morgan fingerprint density at radius 1 is 1.28 bits per heavy atom. The lowest BCUT2D eigenvalue weighted by Gasteiger charge is -2.19. The van der Waals surface area contributed by atoms with Crippen LogP contribution in [0.4, 0.5) is 5.13 Å². The van der Waals surface area contributed by atoms with Gasteiger partial charge in [0.05, 0.1) is 5.92 Å². The van der Waals surface area contributed by atoms with Crippen molar-refractivity contribution in [3.8, 4) is 0 Å². The SMILES string of the molecule is O=C(Nc1nccs1)C(CC1C=CC=C1)c1ccc(CS(=O)[O-])cc1. The van der Waals surface area contributed by atoms with Crippen molar-refractivity contribution in [3.05, 3.63) is 71.3 Å². The summed E-state index contributed by atoms with van der Waals surface area (Å²) in [6.45, 7) is 0. The summed E-state index contributed by atoms with van der Waals surface area (Å²) in [5, 5.41) is 5.25. The normalized spacial score (nSPS) is 16.0. The molecule has 2 unspecified atom stereocenters. The van der Waals surface area contributed by atoms with E-state index in [1.807, 2.05) is 29.7 Å². The largest absolute Gasteiger partial charge is 0.772 e. The summed E-state index contributed by atoms with van der Waals surface area (Å²) >= 11 is -0.746. The summed E-state index contributed by atoms with van der Waals surface area (Å²) in [5.41, 5.74) is 1.57. The van der Waals surface area contributed by atoms with E-state index in [1.54, 1.807) is 18.3 Å². The van der Waals surface area contributed by atoms with Gasteiger partial charge in [-0.1, -0.05) is 59.6 Å². The molecule has 1 aromatic carbocycles. The maximum atomic E-state index is 12.8. The van der Waals surface area contributed by atoms with E-state index in [0.29, 0.717) is 17.1 Å². The quantitative estimate of drug-likeness (QED) is 0.754. The molecule has 1 N–H and O–H groups in total. The first-order chi connectivity index (χ1) is 12.1. The second-order valence-electron chi connectivity index (χ2n) is 5.74. The molecule has 25 heavy (non-hydrogen) atoms. The minimum absolute atomic E-state index is 0.0235. The van der Waals surface area contributed by atoms with Gasteiger partial charge in [0.2, 0.25) is 5.91 Å². The minimum atomic E-state index is -2.12. The number of carbonyl (C=O) groups excluding carboxylic acids is 1. The van der Waals surface area contributed by atoms with E-state index in [1.165, 1.54) is 11.3 Å². The van der Waals surface area contributed by atoms with Crippen LogP contribution in [0.5, 0.6) is 0 Å². The first kappa shape index (κ1) is 17.7. The number of nitrogens with zero attached hydrogens (tertiary/aromatic N) is 1. The summed E-state index contributed by atoms with van der Waals surface area (Å²) in [6, 6.07) is 7.18. The molecule has 7 heteroatoms. The Bertz CT molecular complexity index is 786. The molecule has 0 saturated carbocycles. The van der Waals surface area contributed by atoms with E-state index in [-0.39, 0.29) is 23.5 Å². The molecule has 0 radical (unpaired) electrons. The number of hydrogen-bond donors (Lipinski definition) is 1. The van der Waals surface area contributed by atoms with Gasteiger partial charge in [0, 0.05) is 17.3 Å². The zero-order valence-corrected chi connectivity index (χ0v) is 15.0. The van der Waals surface area contributed by atoms with Crippen molar-refractivity contribution in [2.24, 2.45) is 5.92 Å². The molecule has 1 aliphatic carbocycles. The van der Waals surface area contributed by atoms with Crippen LogP contribution in [0.1, 0.15) is 23.5 Å². The van der Waals surface area contributed by atoms with E-state index >= 15 is 0 Å². The molecule has 0 aliphatic heterocycles. The predicted molar refractivity (Wildman–Crippen MR) is 98.9 cm³/mol. The number of allylic oxidation sites excluding steroid dienone is 4. The summed E-state index contributed by atoms with van der Waals surface area (Å²) in [4.78, 5) is 16.9. The molecule has 0 bridgehead atoms. The first-order valence-electron chi connectivity index (χ1n) is 7.82. The van der Waals surface area contributed by atoms with Crippen LogP contribution in [0.2, 0.25) is 0 Å². The topological polar surface area (TPSA) is 82.1 Å². The fraction of sp³-hybridized carbons (Fsp3) is 0.222. The monoisotopic (exact) mass is 373 g/mol. The number of anilines is 1. The maximum Gasteiger partial charge on any atom is 0.233 e. The van der Waals surface area contributed by atoms with Gasteiger partial charge in [-0.3, -0.25) is 9.00 Å². The number of carbonyl (C=O) groups is 1. The van der Waals surface area contributed by atoms with Crippen molar-refractivity contribution >= 4 is 33.5 Å². The number of rotatable bonds is 7. The Hall–Kier alpha value is -2.09. The number of aromatic nitrogens is 1. The molecule has 1 heterocycles. The summed E-state index contributed by atoms with van der Waals surface area (Å²) in [6.07, 6.45) is 10.4. The van der Waals surface area contributed by atoms with E-state index in [2.05, 4.69) is 22.5 Å². The van der Waals surface area contributed by atoms with Gasteiger partial charge in [-0.15, -0.1) is 11.3 Å². The molecule has 1 amide bonds. The Labute approximate surface area is 152 Å². The lowest BCUT2D eigenvalue weighted by atomic mass is 9.88. The molecule has 5 nitrogen and oxygen atoms in total. The van der Waals surface area contributed by atoms with Crippen LogP contribution in [0.3, 0.4) is 0 Å². The van der Waals surface area contributed by atoms with E-state index in [4.69, 9.17) is 0 Å². The molecule has 0 spiro atoms. The summed E-state index contributed by atoms with van der Waals surface area (Å²) < 4.78 is 21.6. The Morgan fingerprint density at radius 2 is 2.00 bits per heavy atom. The lowest BCUT2D eigenvalue weighted by Crippen LogP contribution is -2.22. The van der Waals surface area contributed by atoms with Crippen molar-refractivity contribution in [2.75, 3.05) is 5.32 Å². The molecule has 0 saturated heterocycles. The van der Waals surface area contributed by atoms with Gasteiger partial charge in [0.25, 0.3) is 0 Å². The predicted octanol–water partition coefficient (Wildman–Crippen LogP) is 3.38. The Balaban J connectivity index is 1.79. The zero-order chi connectivity index (χ0) is 17.6. The molecule has 2 atom stereocenters. The smallest absolute Gasteiger partial charge is 0.233 e. The standard InChI is InChI=1S/C18H18N2O3S2/c21-17(20-18-19-9-10-24-18)16(11-13-3-1-2-4-13)15-7-5-14(6-8-15)12-25(22)23/h1-10,13,16H,11-12H2,(H,22,23)(H,19,20,21)/p-1. The second-order valence-corrected chi connectivity index (χ2v) is 7.53. The third-order valence-corrected chi connectivity index (χ3v) is 5.24. The zero-order valence-electron chi connectivity index (χ0n) is 13.3. The highest BCUT2D eigenvalue weighted by Gasteiger charge is 2.24. The highest BCUT2D eigenvalue weighted by atomic mass is 32.2. The van der Waals surface area contributed by atoms with Gasteiger partial charge in [0.1, 0.15) is 0 Å². The van der Waals surface area contributed by atoms with E-state index < -0.39 is 11.1 Å². The fourth-order valence-electron chi connectivity index (χ4n) is 2.76. The van der Waals surface area contributed by atoms with Crippen molar-refractivity contribution in [1.82, 2.24) is 4.98 Å². The number of benzene rings is 1. The molecule has 3 rings (SSSR count). The van der Waals surface area contributed by atoms with Crippen LogP contribution in [0, 0.1) is 5.92 Å². The number of amides is 1. The van der Waals surface area contributed by atoms with E-state index in [0.717, 1.165) is 5.56 Å². The van der Waals surface area contributed by atoms with E-state index in [9.17, 15) is 13.6 Å². The second kappa shape index (κ2) is 8.33. The molecule has 1 aliphatic rings. The van der Waals surface area contributed by atoms with Gasteiger partial charge in [0.15, 0.2) is 5.13 Å². The fourth-order valence-corrected chi connectivity index (χ4v) is 3.76. The molecular weight excluding hydrogens is 356 g/mol. The van der Waals surface area contributed by atoms with Crippen molar-refractivity contribution in [3.63, 3.8) is 0 Å². The van der Waals surface area contributed by atoms with Gasteiger partial charge >= 0.3 is 0 Å². The summed E-state index contributed by atoms with van der Waals surface area (Å²) in [7, 11) is 0. The van der Waals surface area contributed by atoms with Crippen LogP contribution in [-0.2, 0) is 21.6 Å². The molecule has 2 aromatic rings. The van der Waals surface area contributed by atoms with Crippen molar-refractivity contribution in [1.29, 1.82) is 0 Å². The number of thiazole rings is 1. The van der Waals surface area contributed by atoms with Crippen LogP contribution in [0.15, 0.2) is 60.1 Å². The molecule has 0 fully saturated rings. The van der Waals surface area contributed by atoms with Crippen molar-refractivity contribution in [2.45, 2.75) is 18.1 Å².